The summed E-state index contributed by atoms with van der Waals surface area (Å²) in [5, 5.41) is 42.4. The smallest absolute Gasteiger partial charge is 0.350 e. The van der Waals surface area contributed by atoms with Crippen molar-refractivity contribution in [2.45, 2.75) is 18.7 Å². The number of aromatic nitrogens is 6. The van der Waals surface area contributed by atoms with Crippen LogP contribution in [0.4, 0.5) is 31.5 Å². The molecule has 1 aliphatic heterocycles. The quantitative estimate of drug-likeness (QED) is 0.174. The van der Waals surface area contributed by atoms with Gasteiger partial charge in [0.2, 0.25) is 0 Å². The van der Waals surface area contributed by atoms with Crippen molar-refractivity contribution in [3.63, 3.8) is 0 Å². The molecule has 2 aromatic heterocycles. The first kappa shape index (κ1) is 31.0. The van der Waals surface area contributed by atoms with E-state index in [4.69, 9.17) is 0 Å². The predicted octanol–water partition coefficient (Wildman–Crippen LogP) is 2.63. The van der Waals surface area contributed by atoms with E-state index >= 15 is 0 Å². The van der Waals surface area contributed by atoms with Gasteiger partial charge in [-0.05, 0) is 36.4 Å². The molecule has 3 heterocycles. The SMILES string of the molecule is O=c1n(-c2ccc(N3CCN(c4ccc([N+](=O)[O-])cc4[N+](=O)[O-])CC3)cc2)cnn1CC(O)(Cn1cncn1)c1ccc(F)cc1F. The second-order valence-corrected chi connectivity index (χ2v) is 10.9. The molecule has 5 aromatic rings. The third-order valence-electron chi connectivity index (χ3n) is 7.95. The number of halogens is 2. The van der Waals surface area contributed by atoms with Crippen LogP contribution in [0.3, 0.4) is 0 Å². The standard InChI is InChI=1S/C29H26F2N10O6/c30-20-1-7-24(25(31)13-20)29(43,15-37-18-32-17-33-37)16-39-28(42)38(19-34-39)22-4-2-21(3-5-22)35-9-11-36(12-10-35)26-8-6-23(40(44)45)14-27(26)41(46)47/h1-8,13-14,17-19,43H,9-12,15-16H2. The third-order valence-corrected chi connectivity index (χ3v) is 7.95. The molecular weight excluding hydrogens is 622 g/mol. The van der Waals surface area contributed by atoms with Crippen LogP contribution in [0.2, 0.25) is 0 Å². The number of non-ortho nitro benzene ring substituents is 1. The minimum Gasteiger partial charge on any atom is -0.381 e. The maximum atomic E-state index is 14.8. The molecule has 18 heteroatoms. The average Bonchev–Trinajstić information content (AvgIpc) is 3.70. The van der Waals surface area contributed by atoms with Crippen LogP contribution < -0.4 is 15.5 Å². The molecule has 0 aliphatic carbocycles. The number of anilines is 2. The number of nitro groups is 2. The van der Waals surface area contributed by atoms with Gasteiger partial charge in [-0.1, -0.05) is 6.07 Å². The van der Waals surface area contributed by atoms with Crippen molar-refractivity contribution in [3.05, 3.63) is 128 Å². The lowest BCUT2D eigenvalue weighted by Crippen LogP contribution is -2.46. The maximum Gasteiger partial charge on any atom is 0.350 e. The molecule has 0 bridgehead atoms. The zero-order valence-corrected chi connectivity index (χ0v) is 24.5. The van der Waals surface area contributed by atoms with Crippen LogP contribution in [0.15, 0.2) is 84.4 Å². The van der Waals surface area contributed by atoms with Gasteiger partial charge in [0.25, 0.3) is 11.4 Å². The summed E-state index contributed by atoms with van der Waals surface area (Å²) < 4.78 is 32.0. The van der Waals surface area contributed by atoms with Crippen molar-refractivity contribution in [1.82, 2.24) is 29.1 Å². The molecule has 0 spiro atoms. The summed E-state index contributed by atoms with van der Waals surface area (Å²) in [4.78, 5) is 42.4. The van der Waals surface area contributed by atoms with Crippen molar-refractivity contribution < 1.29 is 23.7 Å². The number of nitro benzene ring substituents is 2. The van der Waals surface area contributed by atoms with Gasteiger partial charge in [-0.25, -0.2) is 32.5 Å². The molecule has 0 saturated carbocycles. The van der Waals surface area contributed by atoms with Crippen LogP contribution in [0, 0.1) is 31.9 Å². The Balaban J connectivity index is 1.17. The summed E-state index contributed by atoms with van der Waals surface area (Å²) >= 11 is 0. The van der Waals surface area contributed by atoms with E-state index in [2.05, 4.69) is 20.1 Å². The van der Waals surface area contributed by atoms with Crippen molar-refractivity contribution in [3.8, 4) is 5.69 Å². The molecule has 1 atom stereocenters. The lowest BCUT2D eigenvalue weighted by Gasteiger charge is -2.37. The summed E-state index contributed by atoms with van der Waals surface area (Å²) in [5.41, 5.74) is -1.98. The topological polar surface area (TPSA) is 184 Å². The number of hydrogen-bond acceptors (Lipinski definition) is 11. The van der Waals surface area contributed by atoms with Crippen molar-refractivity contribution in [1.29, 1.82) is 0 Å². The Morgan fingerprint density at radius 2 is 1.53 bits per heavy atom. The van der Waals surface area contributed by atoms with E-state index in [1.54, 1.807) is 24.3 Å². The molecule has 0 radical (unpaired) electrons. The van der Waals surface area contributed by atoms with Crippen LogP contribution in [0.5, 0.6) is 0 Å². The molecule has 47 heavy (non-hydrogen) atoms. The Morgan fingerprint density at radius 1 is 0.830 bits per heavy atom. The number of benzene rings is 3. The highest BCUT2D eigenvalue weighted by Gasteiger charge is 2.35. The van der Waals surface area contributed by atoms with Gasteiger partial charge < -0.3 is 14.9 Å². The summed E-state index contributed by atoms with van der Waals surface area (Å²) in [6, 6.07) is 13.4. The first-order valence-corrected chi connectivity index (χ1v) is 14.2. The molecule has 6 rings (SSSR count). The van der Waals surface area contributed by atoms with E-state index in [0.717, 1.165) is 28.6 Å². The van der Waals surface area contributed by atoms with E-state index < -0.39 is 39.3 Å². The third kappa shape index (κ3) is 6.25. The number of rotatable bonds is 10. The van der Waals surface area contributed by atoms with Gasteiger partial charge in [0.1, 0.15) is 41.9 Å². The molecule has 242 valence electrons. The molecule has 1 fully saturated rings. The van der Waals surface area contributed by atoms with Crippen LogP contribution in [0.1, 0.15) is 5.56 Å². The minimum absolute atomic E-state index is 0.247. The fraction of sp³-hybridized carbons (Fsp3) is 0.241. The van der Waals surface area contributed by atoms with Crippen LogP contribution in [-0.4, -0.2) is 70.2 Å². The summed E-state index contributed by atoms with van der Waals surface area (Å²) in [6.07, 6.45) is 3.82. The van der Waals surface area contributed by atoms with Crippen molar-refractivity contribution in [2.24, 2.45) is 0 Å². The Labute approximate surface area is 263 Å². The molecule has 16 nitrogen and oxygen atoms in total. The van der Waals surface area contributed by atoms with E-state index in [-0.39, 0.29) is 23.5 Å². The van der Waals surface area contributed by atoms with Crippen LogP contribution in [0.25, 0.3) is 5.69 Å². The lowest BCUT2D eigenvalue weighted by atomic mass is 9.93. The molecular formula is C29H26F2N10O6. The van der Waals surface area contributed by atoms with Gasteiger partial charge in [0, 0.05) is 49.6 Å². The number of nitrogens with zero attached hydrogens (tertiary/aromatic N) is 10. The van der Waals surface area contributed by atoms with E-state index in [1.807, 2.05) is 4.90 Å². The zero-order chi connectivity index (χ0) is 33.3. The molecule has 0 amide bonds. The second-order valence-electron chi connectivity index (χ2n) is 10.9. The first-order valence-electron chi connectivity index (χ1n) is 14.2. The van der Waals surface area contributed by atoms with Gasteiger partial charge in [-0.15, -0.1) is 0 Å². The van der Waals surface area contributed by atoms with Gasteiger partial charge in [0.15, 0.2) is 0 Å². The van der Waals surface area contributed by atoms with Crippen molar-refractivity contribution in [2.75, 3.05) is 36.0 Å². The Bertz CT molecular complexity index is 1990. The molecule has 1 aliphatic rings. The Morgan fingerprint density at radius 3 is 2.17 bits per heavy atom. The second kappa shape index (κ2) is 12.4. The fourth-order valence-electron chi connectivity index (χ4n) is 5.61. The molecule has 1 unspecified atom stereocenters. The van der Waals surface area contributed by atoms with E-state index in [9.17, 15) is 38.9 Å². The lowest BCUT2D eigenvalue weighted by molar-refractivity contribution is -0.393. The van der Waals surface area contributed by atoms with E-state index in [1.165, 1.54) is 40.4 Å². The predicted molar refractivity (Wildman–Crippen MR) is 162 cm³/mol. The van der Waals surface area contributed by atoms with E-state index in [0.29, 0.717) is 43.6 Å². The molecule has 1 saturated heterocycles. The van der Waals surface area contributed by atoms with Gasteiger partial charge in [-0.3, -0.25) is 20.2 Å². The highest BCUT2D eigenvalue weighted by Crippen LogP contribution is 2.33. The zero-order valence-electron chi connectivity index (χ0n) is 24.5. The number of aliphatic hydroxyl groups is 1. The number of piperazine rings is 1. The summed E-state index contributed by atoms with van der Waals surface area (Å²) in [6.45, 7) is 1.10. The number of hydrogen-bond donors (Lipinski definition) is 1. The highest BCUT2D eigenvalue weighted by atomic mass is 19.1. The highest BCUT2D eigenvalue weighted by molar-refractivity contribution is 5.67. The molecule has 3 aromatic carbocycles. The molecule has 1 N–H and O–H groups in total. The summed E-state index contributed by atoms with van der Waals surface area (Å²) in [7, 11) is 0. The monoisotopic (exact) mass is 648 g/mol. The Hall–Kier alpha value is -6.04. The first-order chi connectivity index (χ1) is 22.5. The average molecular weight is 649 g/mol. The minimum atomic E-state index is -2.05. The van der Waals surface area contributed by atoms with Crippen LogP contribution >= 0.6 is 0 Å². The normalized spacial score (nSPS) is 14.6. The largest absolute Gasteiger partial charge is 0.381 e. The van der Waals surface area contributed by atoms with Crippen molar-refractivity contribution >= 4 is 22.7 Å². The Kier molecular flexibility index (Phi) is 8.16. The fourth-order valence-corrected chi connectivity index (χ4v) is 5.61. The summed E-state index contributed by atoms with van der Waals surface area (Å²) in [5.74, 6) is -1.82. The van der Waals surface area contributed by atoms with Gasteiger partial charge >= 0.3 is 5.69 Å². The van der Waals surface area contributed by atoms with Gasteiger partial charge in [-0.2, -0.15) is 10.2 Å². The van der Waals surface area contributed by atoms with Crippen LogP contribution in [-0.2, 0) is 18.7 Å². The maximum absolute atomic E-state index is 14.8. The van der Waals surface area contributed by atoms with Gasteiger partial charge in [0.05, 0.1) is 34.7 Å².